The summed E-state index contributed by atoms with van der Waals surface area (Å²) >= 11 is 1.41. The fourth-order valence-electron chi connectivity index (χ4n) is 3.57. The van der Waals surface area contributed by atoms with Crippen LogP contribution in [0.2, 0.25) is 0 Å². The fourth-order valence-corrected chi connectivity index (χ4v) is 4.31. The van der Waals surface area contributed by atoms with Gasteiger partial charge in [-0.25, -0.2) is 0 Å². The highest BCUT2D eigenvalue weighted by Gasteiger charge is 2.42. The molecule has 0 bridgehead atoms. The van der Waals surface area contributed by atoms with Crippen molar-refractivity contribution in [2.24, 2.45) is 0 Å². The molecule has 1 heterocycles. The van der Waals surface area contributed by atoms with Crippen LogP contribution in [0.1, 0.15) is 31.2 Å². The molecular weight excluding hydrogens is 330 g/mol. The topological polar surface area (TPSA) is 54.9 Å². The summed E-state index contributed by atoms with van der Waals surface area (Å²) in [5.41, 5.74) is 1.66. The number of aromatic nitrogens is 2. The number of amides is 1. The van der Waals surface area contributed by atoms with Gasteiger partial charge in [-0.1, -0.05) is 84.8 Å². The van der Waals surface area contributed by atoms with Crippen molar-refractivity contribution in [3.8, 4) is 10.6 Å². The van der Waals surface area contributed by atoms with Gasteiger partial charge in [0.2, 0.25) is 11.0 Å². The molecule has 1 amide bonds. The predicted octanol–water partition coefficient (Wildman–Crippen LogP) is 4.66. The van der Waals surface area contributed by atoms with Crippen molar-refractivity contribution >= 4 is 22.4 Å². The molecule has 25 heavy (non-hydrogen) atoms. The van der Waals surface area contributed by atoms with Crippen molar-refractivity contribution in [3.63, 3.8) is 0 Å². The Kier molecular flexibility index (Phi) is 4.32. The predicted molar refractivity (Wildman–Crippen MR) is 101 cm³/mol. The quantitative estimate of drug-likeness (QED) is 0.745. The Bertz CT molecular complexity index is 855. The van der Waals surface area contributed by atoms with E-state index in [2.05, 4.69) is 27.6 Å². The molecule has 0 unspecified atom stereocenters. The van der Waals surface area contributed by atoms with Gasteiger partial charge < -0.3 is 0 Å². The number of carbonyl (C=O) groups is 1. The molecule has 1 aliphatic rings. The van der Waals surface area contributed by atoms with E-state index in [9.17, 15) is 4.79 Å². The van der Waals surface area contributed by atoms with E-state index < -0.39 is 5.41 Å². The third-order valence-corrected chi connectivity index (χ3v) is 5.77. The van der Waals surface area contributed by atoms with Crippen LogP contribution in [0, 0.1) is 0 Å². The zero-order chi connectivity index (χ0) is 17.1. The molecule has 0 aliphatic heterocycles. The van der Waals surface area contributed by atoms with E-state index in [1.54, 1.807) is 0 Å². The smallest absolute Gasteiger partial charge is 0.236 e. The van der Waals surface area contributed by atoms with Crippen molar-refractivity contribution < 1.29 is 4.79 Å². The van der Waals surface area contributed by atoms with E-state index in [0.29, 0.717) is 5.13 Å². The minimum atomic E-state index is -0.445. The lowest BCUT2D eigenvalue weighted by Gasteiger charge is -2.27. The maximum absolute atomic E-state index is 13.1. The Morgan fingerprint density at radius 2 is 1.56 bits per heavy atom. The van der Waals surface area contributed by atoms with E-state index >= 15 is 0 Å². The highest BCUT2D eigenvalue weighted by atomic mass is 32.1. The van der Waals surface area contributed by atoms with Crippen LogP contribution in [0.15, 0.2) is 60.7 Å². The van der Waals surface area contributed by atoms with Gasteiger partial charge in [-0.3, -0.25) is 10.1 Å². The number of nitrogens with zero attached hydrogens (tertiary/aromatic N) is 2. The molecule has 2 aromatic carbocycles. The van der Waals surface area contributed by atoms with Gasteiger partial charge in [0.05, 0.1) is 5.41 Å². The molecule has 1 fully saturated rings. The van der Waals surface area contributed by atoms with Gasteiger partial charge in [-0.05, 0) is 18.4 Å². The molecule has 4 nitrogen and oxygen atoms in total. The molecule has 0 radical (unpaired) electrons. The summed E-state index contributed by atoms with van der Waals surface area (Å²) in [5.74, 6) is 0.0342. The standard InChI is InChI=1S/C20H19N3OS/c24-18(20(13-7-8-14-20)16-11-5-2-6-12-16)21-19-23-22-17(25-19)15-9-3-1-4-10-15/h1-6,9-12H,7-8,13-14H2,(H,21,23,24). The molecule has 0 spiro atoms. The number of hydrogen-bond donors (Lipinski definition) is 1. The molecule has 126 valence electrons. The second kappa shape index (κ2) is 6.76. The maximum Gasteiger partial charge on any atom is 0.236 e. The summed E-state index contributed by atoms with van der Waals surface area (Å²) in [7, 11) is 0. The number of rotatable bonds is 4. The summed E-state index contributed by atoms with van der Waals surface area (Å²) in [4.78, 5) is 13.1. The summed E-state index contributed by atoms with van der Waals surface area (Å²) in [5, 5.41) is 12.8. The average Bonchev–Trinajstić information content (AvgIpc) is 3.34. The van der Waals surface area contributed by atoms with E-state index in [0.717, 1.165) is 41.8 Å². The Balaban J connectivity index is 1.58. The largest absolute Gasteiger partial charge is 0.300 e. The van der Waals surface area contributed by atoms with Gasteiger partial charge >= 0.3 is 0 Å². The minimum Gasteiger partial charge on any atom is -0.300 e. The van der Waals surface area contributed by atoms with Crippen LogP contribution in [0.3, 0.4) is 0 Å². The fraction of sp³-hybridized carbons (Fsp3) is 0.250. The monoisotopic (exact) mass is 349 g/mol. The van der Waals surface area contributed by atoms with E-state index in [-0.39, 0.29) is 5.91 Å². The van der Waals surface area contributed by atoms with Crippen LogP contribution in [-0.2, 0) is 10.2 Å². The molecule has 5 heteroatoms. The van der Waals surface area contributed by atoms with Gasteiger partial charge in [0.25, 0.3) is 0 Å². The SMILES string of the molecule is O=C(Nc1nnc(-c2ccccc2)s1)C1(c2ccccc2)CCCC1. The average molecular weight is 349 g/mol. The number of anilines is 1. The van der Waals surface area contributed by atoms with Crippen molar-refractivity contribution in [2.75, 3.05) is 5.32 Å². The van der Waals surface area contributed by atoms with Crippen LogP contribution < -0.4 is 5.32 Å². The van der Waals surface area contributed by atoms with Crippen molar-refractivity contribution in [3.05, 3.63) is 66.2 Å². The third-order valence-electron chi connectivity index (χ3n) is 4.88. The molecule has 0 atom stereocenters. The lowest BCUT2D eigenvalue weighted by Crippen LogP contribution is -2.37. The highest BCUT2D eigenvalue weighted by molar-refractivity contribution is 7.18. The third kappa shape index (κ3) is 3.07. The van der Waals surface area contributed by atoms with Crippen LogP contribution in [-0.4, -0.2) is 16.1 Å². The van der Waals surface area contributed by atoms with E-state index in [1.165, 1.54) is 11.3 Å². The molecule has 4 rings (SSSR count). The number of nitrogens with one attached hydrogen (secondary N) is 1. The summed E-state index contributed by atoms with van der Waals surface area (Å²) in [6, 6.07) is 20.0. The zero-order valence-corrected chi connectivity index (χ0v) is 14.6. The van der Waals surface area contributed by atoms with E-state index in [1.807, 2.05) is 48.5 Å². The maximum atomic E-state index is 13.1. The molecule has 0 saturated heterocycles. The van der Waals surface area contributed by atoms with Crippen LogP contribution in [0.4, 0.5) is 5.13 Å². The number of carbonyl (C=O) groups excluding carboxylic acids is 1. The number of benzene rings is 2. The van der Waals surface area contributed by atoms with Crippen molar-refractivity contribution in [2.45, 2.75) is 31.1 Å². The summed E-state index contributed by atoms with van der Waals surface area (Å²) in [6.07, 6.45) is 3.92. The molecule has 1 aromatic heterocycles. The number of hydrogen-bond acceptors (Lipinski definition) is 4. The molecule has 3 aromatic rings. The first kappa shape index (κ1) is 16.0. The zero-order valence-electron chi connectivity index (χ0n) is 13.8. The van der Waals surface area contributed by atoms with E-state index in [4.69, 9.17) is 0 Å². The Labute approximate surface area is 150 Å². The summed E-state index contributed by atoms with van der Waals surface area (Å²) < 4.78 is 0. The van der Waals surface area contributed by atoms with Gasteiger partial charge in [-0.15, -0.1) is 10.2 Å². The Hall–Kier alpha value is -2.53. The second-order valence-corrected chi connectivity index (χ2v) is 7.37. The van der Waals surface area contributed by atoms with Crippen molar-refractivity contribution in [1.29, 1.82) is 0 Å². The first-order valence-corrected chi connectivity index (χ1v) is 9.35. The molecular formula is C20H19N3OS. The van der Waals surface area contributed by atoms with Crippen LogP contribution in [0.5, 0.6) is 0 Å². The van der Waals surface area contributed by atoms with Gasteiger partial charge in [0.1, 0.15) is 5.01 Å². The molecule has 1 aliphatic carbocycles. The Morgan fingerprint density at radius 1 is 0.920 bits per heavy atom. The highest BCUT2D eigenvalue weighted by Crippen LogP contribution is 2.42. The first-order valence-electron chi connectivity index (χ1n) is 8.54. The lowest BCUT2D eigenvalue weighted by molar-refractivity contribution is -0.121. The van der Waals surface area contributed by atoms with Gasteiger partial charge in [-0.2, -0.15) is 0 Å². The molecule has 1 saturated carbocycles. The first-order chi connectivity index (χ1) is 12.3. The minimum absolute atomic E-state index is 0.0342. The van der Waals surface area contributed by atoms with Crippen LogP contribution in [0.25, 0.3) is 10.6 Å². The van der Waals surface area contributed by atoms with Gasteiger partial charge in [0.15, 0.2) is 0 Å². The molecule has 1 N–H and O–H groups in total. The normalized spacial score (nSPS) is 15.8. The second-order valence-electron chi connectivity index (χ2n) is 6.39. The lowest BCUT2D eigenvalue weighted by atomic mass is 9.78. The van der Waals surface area contributed by atoms with Gasteiger partial charge in [0, 0.05) is 5.56 Å². The Morgan fingerprint density at radius 3 is 2.24 bits per heavy atom. The van der Waals surface area contributed by atoms with Crippen LogP contribution >= 0.6 is 11.3 Å². The van der Waals surface area contributed by atoms with Crippen molar-refractivity contribution in [1.82, 2.24) is 10.2 Å². The summed E-state index contributed by atoms with van der Waals surface area (Å²) in [6.45, 7) is 0.